The Balaban J connectivity index is 2.14. The predicted molar refractivity (Wildman–Crippen MR) is 59.1 cm³/mol. The van der Waals surface area contributed by atoms with Crippen molar-refractivity contribution < 1.29 is 4.79 Å². The molecule has 2 unspecified atom stereocenters. The van der Waals surface area contributed by atoms with Crippen molar-refractivity contribution in [2.45, 2.75) is 64.3 Å². The van der Waals surface area contributed by atoms with Crippen molar-refractivity contribution in [2.24, 2.45) is 11.7 Å². The van der Waals surface area contributed by atoms with Crippen LogP contribution in [-0.4, -0.2) is 11.8 Å². The Kier molecular flexibility index (Phi) is 5.16. The highest BCUT2D eigenvalue weighted by atomic mass is 16.1. The van der Waals surface area contributed by atoms with E-state index in [1.54, 1.807) is 0 Å². The molecule has 0 amide bonds. The molecule has 1 fully saturated rings. The molecule has 0 aromatic heterocycles. The molecule has 1 aliphatic rings. The van der Waals surface area contributed by atoms with Crippen molar-refractivity contribution >= 4 is 5.78 Å². The van der Waals surface area contributed by atoms with Crippen LogP contribution in [-0.2, 0) is 4.79 Å². The van der Waals surface area contributed by atoms with E-state index < -0.39 is 0 Å². The quantitative estimate of drug-likeness (QED) is 0.665. The van der Waals surface area contributed by atoms with Crippen LogP contribution in [0.2, 0.25) is 0 Å². The molecule has 1 saturated carbocycles. The van der Waals surface area contributed by atoms with Gasteiger partial charge in [-0.2, -0.15) is 0 Å². The van der Waals surface area contributed by atoms with E-state index in [-0.39, 0.29) is 12.0 Å². The molecule has 2 heteroatoms. The zero-order chi connectivity index (χ0) is 10.4. The van der Waals surface area contributed by atoms with Gasteiger partial charge in [0.05, 0.1) is 0 Å². The van der Waals surface area contributed by atoms with Crippen LogP contribution >= 0.6 is 0 Å². The number of hydrogen-bond acceptors (Lipinski definition) is 2. The van der Waals surface area contributed by atoms with Crippen molar-refractivity contribution in [1.82, 2.24) is 0 Å². The van der Waals surface area contributed by atoms with Crippen LogP contribution in [0.25, 0.3) is 0 Å². The van der Waals surface area contributed by atoms with Gasteiger partial charge in [-0.25, -0.2) is 0 Å². The minimum Gasteiger partial charge on any atom is -0.327 e. The molecule has 2 atom stereocenters. The Hall–Kier alpha value is -0.370. The lowest BCUT2D eigenvalue weighted by Gasteiger charge is -2.13. The van der Waals surface area contributed by atoms with Crippen LogP contribution in [0.15, 0.2) is 0 Å². The van der Waals surface area contributed by atoms with Crippen LogP contribution in [0.4, 0.5) is 0 Å². The minimum absolute atomic E-state index is 0.161. The van der Waals surface area contributed by atoms with Crippen molar-refractivity contribution in [3.05, 3.63) is 0 Å². The van der Waals surface area contributed by atoms with Crippen LogP contribution in [0, 0.1) is 5.92 Å². The maximum Gasteiger partial charge on any atom is 0.137 e. The van der Waals surface area contributed by atoms with Crippen LogP contribution in [0.3, 0.4) is 0 Å². The molecular weight excluding hydrogens is 174 g/mol. The third kappa shape index (κ3) is 3.41. The molecule has 0 aliphatic heterocycles. The van der Waals surface area contributed by atoms with Gasteiger partial charge >= 0.3 is 0 Å². The molecule has 0 saturated heterocycles. The van der Waals surface area contributed by atoms with E-state index in [0.29, 0.717) is 5.78 Å². The molecule has 0 spiro atoms. The maximum atomic E-state index is 11.7. The van der Waals surface area contributed by atoms with Crippen molar-refractivity contribution in [1.29, 1.82) is 0 Å². The van der Waals surface area contributed by atoms with Gasteiger partial charge in [0.2, 0.25) is 0 Å². The van der Waals surface area contributed by atoms with E-state index in [1.807, 2.05) is 0 Å². The SMILES string of the molecule is CCCCCCC(=O)C1CCCC1N. The van der Waals surface area contributed by atoms with Gasteiger partial charge in [0.25, 0.3) is 0 Å². The highest BCUT2D eigenvalue weighted by Gasteiger charge is 2.29. The van der Waals surface area contributed by atoms with E-state index in [9.17, 15) is 4.79 Å². The first-order valence-corrected chi connectivity index (χ1v) is 6.04. The van der Waals surface area contributed by atoms with E-state index >= 15 is 0 Å². The second-order valence-corrected chi connectivity index (χ2v) is 4.48. The van der Waals surface area contributed by atoms with Gasteiger partial charge < -0.3 is 5.73 Å². The first-order valence-electron chi connectivity index (χ1n) is 6.04. The van der Waals surface area contributed by atoms with Gasteiger partial charge in [0.15, 0.2) is 0 Å². The monoisotopic (exact) mass is 197 g/mol. The van der Waals surface area contributed by atoms with Crippen LogP contribution in [0.1, 0.15) is 58.3 Å². The highest BCUT2D eigenvalue weighted by molar-refractivity contribution is 5.81. The Labute approximate surface area is 87.2 Å². The summed E-state index contributed by atoms with van der Waals surface area (Å²) in [5.41, 5.74) is 5.89. The van der Waals surface area contributed by atoms with Crippen molar-refractivity contribution in [3.8, 4) is 0 Å². The topological polar surface area (TPSA) is 43.1 Å². The average molecular weight is 197 g/mol. The van der Waals surface area contributed by atoms with Crippen molar-refractivity contribution in [2.75, 3.05) is 0 Å². The number of ketones is 1. The number of nitrogens with two attached hydrogens (primary N) is 1. The first-order chi connectivity index (χ1) is 6.75. The van der Waals surface area contributed by atoms with E-state index in [4.69, 9.17) is 5.73 Å². The summed E-state index contributed by atoms with van der Waals surface area (Å²) < 4.78 is 0. The van der Waals surface area contributed by atoms with Crippen LogP contribution in [0.5, 0.6) is 0 Å². The minimum atomic E-state index is 0.161. The lowest BCUT2D eigenvalue weighted by molar-refractivity contribution is -0.123. The molecule has 1 rings (SSSR count). The summed E-state index contributed by atoms with van der Waals surface area (Å²) in [6.07, 6.45) is 8.74. The molecule has 2 N–H and O–H groups in total. The molecule has 14 heavy (non-hydrogen) atoms. The van der Waals surface area contributed by atoms with Gasteiger partial charge in [0, 0.05) is 18.4 Å². The van der Waals surface area contributed by atoms with E-state index in [2.05, 4.69) is 6.92 Å². The lowest BCUT2D eigenvalue weighted by atomic mass is 9.95. The second kappa shape index (κ2) is 6.18. The number of carbonyl (C=O) groups is 1. The first kappa shape index (κ1) is 11.7. The van der Waals surface area contributed by atoms with E-state index in [1.165, 1.54) is 19.3 Å². The Morgan fingerprint density at radius 1 is 1.29 bits per heavy atom. The van der Waals surface area contributed by atoms with Gasteiger partial charge in [-0.15, -0.1) is 0 Å². The molecule has 0 aromatic carbocycles. The molecule has 0 bridgehead atoms. The van der Waals surface area contributed by atoms with Gasteiger partial charge in [-0.1, -0.05) is 32.6 Å². The van der Waals surface area contributed by atoms with Gasteiger partial charge in [-0.3, -0.25) is 4.79 Å². The Morgan fingerprint density at radius 3 is 2.64 bits per heavy atom. The summed E-state index contributed by atoms with van der Waals surface area (Å²) in [5.74, 6) is 0.614. The second-order valence-electron chi connectivity index (χ2n) is 4.48. The summed E-state index contributed by atoms with van der Waals surface area (Å²) in [5, 5.41) is 0. The molecular formula is C12H23NO. The Morgan fingerprint density at radius 2 is 2.07 bits per heavy atom. The lowest BCUT2D eigenvalue weighted by Crippen LogP contribution is -2.30. The summed E-state index contributed by atoms with van der Waals surface area (Å²) in [6.45, 7) is 2.19. The number of hydrogen-bond donors (Lipinski definition) is 1. The fourth-order valence-electron chi connectivity index (χ4n) is 2.30. The fraction of sp³-hybridized carbons (Fsp3) is 0.917. The zero-order valence-electron chi connectivity index (χ0n) is 9.30. The third-order valence-electron chi connectivity index (χ3n) is 3.26. The molecule has 82 valence electrons. The molecule has 1 aliphatic carbocycles. The maximum absolute atomic E-state index is 11.7. The van der Waals surface area contributed by atoms with E-state index in [0.717, 1.165) is 32.1 Å². The normalized spacial score (nSPS) is 26.7. The third-order valence-corrected chi connectivity index (χ3v) is 3.26. The number of unbranched alkanes of at least 4 members (excludes halogenated alkanes) is 3. The smallest absolute Gasteiger partial charge is 0.137 e. The predicted octanol–water partition coefficient (Wildman–Crippen LogP) is 2.65. The fourth-order valence-corrected chi connectivity index (χ4v) is 2.30. The largest absolute Gasteiger partial charge is 0.327 e. The Bertz CT molecular complexity index is 179. The zero-order valence-corrected chi connectivity index (χ0v) is 9.30. The van der Waals surface area contributed by atoms with Gasteiger partial charge in [0.1, 0.15) is 5.78 Å². The molecule has 0 heterocycles. The summed E-state index contributed by atoms with van der Waals surface area (Å²) in [4.78, 5) is 11.7. The van der Waals surface area contributed by atoms with Crippen LogP contribution < -0.4 is 5.73 Å². The number of Topliss-reactive ketones (excluding diaryl/α,β-unsaturated/α-hetero) is 1. The standard InChI is InChI=1S/C12H23NO/c1-2-3-4-5-9-12(14)10-7-6-8-11(10)13/h10-11H,2-9,13H2,1H3. The number of rotatable bonds is 6. The number of carbonyl (C=O) groups excluding carboxylic acids is 1. The summed E-state index contributed by atoms with van der Waals surface area (Å²) in [6, 6.07) is 0.161. The average Bonchev–Trinajstić information content (AvgIpc) is 2.59. The molecule has 2 nitrogen and oxygen atoms in total. The summed E-state index contributed by atoms with van der Waals surface area (Å²) >= 11 is 0. The summed E-state index contributed by atoms with van der Waals surface area (Å²) in [7, 11) is 0. The molecule has 0 radical (unpaired) electrons. The highest BCUT2D eigenvalue weighted by Crippen LogP contribution is 2.26. The van der Waals surface area contributed by atoms with Gasteiger partial charge in [-0.05, 0) is 19.3 Å². The molecule has 0 aromatic rings. The van der Waals surface area contributed by atoms with Crippen molar-refractivity contribution in [3.63, 3.8) is 0 Å².